The molecule has 0 aliphatic rings. The van der Waals surface area contributed by atoms with Crippen molar-refractivity contribution in [1.82, 2.24) is 0 Å². The molecule has 3 heteroatoms. The molecule has 2 aromatic rings. The summed E-state index contributed by atoms with van der Waals surface area (Å²) >= 11 is 6.07. The van der Waals surface area contributed by atoms with Gasteiger partial charge >= 0.3 is 0 Å². The number of nitrogens with two attached hydrogens (primary N) is 1. The van der Waals surface area contributed by atoms with E-state index in [1.807, 2.05) is 32.0 Å². The van der Waals surface area contributed by atoms with Crippen LogP contribution in [0.5, 0.6) is 11.5 Å². The Labute approximate surface area is 106 Å². The maximum atomic E-state index is 6.07. The van der Waals surface area contributed by atoms with Gasteiger partial charge in [0.25, 0.3) is 0 Å². The first kappa shape index (κ1) is 11.8. The smallest absolute Gasteiger partial charge is 0.146 e. The van der Waals surface area contributed by atoms with Crippen LogP contribution < -0.4 is 10.5 Å². The van der Waals surface area contributed by atoms with Gasteiger partial charge in [-0.25, -0.2) is 0 Å². The highest BCUT2D eigenvalue weighted by Crippen LogP contribution is 2.32. The minimum Gasteiger partial charge on any atom is -0.456 e. The highest BCUT2D eigenvalue weighted by molar-refractivity contribution is 6.32. The first-order chi connectivity index (χ1) is 8.08. The van der Waals surface area contributed by atoms with Gasteiger partial charge in [-0.2, -0.15) is 0 Å². The molecule has 0 aliphatic carbocycles. The minimum atomic E-state index is 0.519. The van der Waals surface area contributed by atoms with Gasteiger partial charge in [0.15, 0.2) is 0 Å². The molecule has 2 N–H and O–H groups in total. The lowest BCUT2D eigenvalue weighted by Crippen LogP contribution is -1.91. The van der Waals surface area contributed by atoms with Crippen LogP contribution in [0, 0.1) is 13.8 Å². The van der Waals surface area contributed by atoms with Gasteiger partial charge in [0.05, 0.1) is 5.02 Å². The van der Waals surface area contributed by atoms with Crippen molar-refractivity contribution in [3.8, 4) is 11.5 Å². The van der Waals surface area contributed by atoms with E-state index < -0.39 is 0 Å². The molecule has 0 heterocycles. The summed E-state index contributed by atoms with van der Waals surface area (Å²) in [5.41, 5.74) is 8.56. The van der Waals surface area contributed by atoms with E-state index in [0.29, 0.717) is 16.5 Å². The molecular formula is C14H14ClNO. The molecule has 0 saturated heterocycles. The number of hydrogen-bond acceptors (Lipinski definition) is 2. The van der Waals surface area contributed by atoms with E-state index in [9.17, 15) is 0 Å². The van der Waals surface area contributed by atoms with E-state index in [1.165, 1.54) is 5.56 Å². The van der Waals surface area contributed by atoms with E-state index >= 15 is 0 Å². The quantitative estimate of drug-likeness (QED) is 0.802. The van der Waals surface area contributed by atoms with E-state index in [0.717, 1.165) is 11.3 Å². The van der Waals surface area contributed by atoms with Crippen LogP contribution in [0.25, 0.3) is 0 Å². The molecule has 2 rings (SSSR count). The van der Waals surface area contributed by atoms with Crippen molar-refractivity contribution in [2.45, 2.75) is 13.8 Å². The zero-order valence-corrected chi connectivity index (χ0v) is 10.6. The zero-order chi connectivity index (χ0) is 12.4. The fourth-order valence-electron chi connectivity index (χ4n) is 1.55. The number of nitrogen functional groups attached to an aromatic ring is 1. The Hall–Kier alpha value is -1.67. The van der Waals surface area contributed by atoms with Gasteiger partial charge in [0, 0.05) is 5.69 Å². The van der Waals surface area contributed by atoms with Crippen molar-refractivity contribution in [3.05, 3.63) is 52.5 Å². The average Bonchev–Trinajstić information content (AvgIpc) is 2.28. The highest BCUT2D eigenvalue weighted by Gasteiger charge is 2.06. The standard InChI is InChI=1S/C14H14ClNO/c1-9-4-3-5-13(10(9)2)17-14-7-6-11(16)8-12(14)15/h3-8H,16H2,1-2H3. The number of ether oxygens (including phenoxy) is 1. The van der Waals surface area contributed by atoms with E-state index in [-0.39, 0.29) is 0 Å². The lowest BCUT2D eigenvalue weighted by molar-refractivity contribution is 0.478. The third kappa shape index (κ3) is 2.53. The molecule has 2 nitrogen and oxygen atoms in total. The van der Waals surface area contributed by atoms with E-state index in [2.05, 4.69) is 0 Å². The summed E-state index contributed by atoms with van der Waals surface area (Å²) in [5.74, 6) is 1.44. The van der Waals surface area contributed by atoms with Crippen molar-refractivity contribution < 1.29 is 4.74 Å². The molecule has 0 amide bonds. The molecular weight excluding hydrogens is 234 g/mol. The van der Waals surface area contributed by atoms with Gasteiger partial charge in [0.1, 0.15) is 11.5 Å². The second-order valence-corrected chi connectivity index (χ2v) is 4.40. The van der Waals surface area contributed by atoms with Crippen LogP contribution in [0.2, 0.25) is 5.02 Å². The maximum Gasteiger partial charge on any atom is 0.146 e. The van der Waals surface area contributed by atoms with Crippen LogP contribution in [-0.4, -0.2) is 0 Å². The summed E-state index contributed by atoms with van der Waals surface area (Å²) in [5, 5.41) is 0.519. The monoisotopic (exact) mass is 247 g/mol. The van der Waals surface area contributed by atoms with Gasteiger partial charge in [-0.1, -0.05) is 23.7 Å². The Morgan fingerprint density at radius 2 is 1.82 bits per heavy atom. The average molecular weight is 248 g/mol. The van der Waals surface area contributed by atoms with Crippen molar-refractivity contribution in [2.24, 2.45) is 0 Å². The Kier molecular flexibility index (Phi) is 3.25. The first-order valence-corrected chi connectivity index (χ1v) is 5.75. The van der Waals surface area contributed by atoms with Gasteiger partial charge in [-0.05, 0) is 49.2 Å². The van der Waals surface area contributed by atoms with Gasteiger partial charge in [-0.3, -0.25) is 0 Å². The largest absolute Gasteiger partial charge is 0.456 e. The Morgan fingerprint density at radius 3 is 2.53 bits per heavy atom. The minimum absolute atomic E-state index is 0.519. The summed E-state index contributed by atoms with van der Waals surface area (Å²) < 4.78 is 5.79. The number of aryl methyl sites for hydroxylation is 1. The number of hydrogen-bond donors (Lipinski definition) is 1. The third-order valence-electron chi connectivity index (χ3n) is 2.73. The summed E-state index contributed by atoms with van der Waals surface area (Å²) in [6, 6.07) is 11.2. The zero-order valence-electron chi connectivity index (χ0n) is 9.83. The summed E-state index contributed by atoms with van der Waals surface area (Å²) in [6.07, 6.45) is 0. The van der Waals surface area contributed by atoms with Gasteiger partial charge in [-0.15, -0.1) is 0 Å². The Bertz CT molecular complexity index is 552. The fourth-order valence-corrected chi connectivity index (χ4v) is 1.78. The van der Waals surface area contributed by atoms with Crippen LogP contribution in [-0.2, 0) is 0 Å². The van der Waals surface area contributed by atoms with Gasteiger partial charge in [0.2, 0.25) is 0 Å². The van der Waals surface area contributed by atoms with Crippen LogP contribution in [0.1, 0.15) is 11.1 Å². The molecule has 0 atom stereocenters. The summed E-state index contributed by atoms with van der Waals surface area (Å²) in [6.45, 7) is 4.07. The molecule has 0 bridgehead atoms. The van der Waals surface area contributed by atoms with Crippen LogP contribution in [0.3, 0.4) is 0 Å². The number of anilines is 1. The third-order valence-corrected chi connectivity index (χ3v) is 3.03. The lowest BCUT2D eigenvalue weighted by atomic mass is 10.1. The number of benzene rings is 2. The van der Waals surface area contributed by atoms with Crippen LogP contribution in [0.15, 0.2) is 36.4 Å². The topological polar surface area (TPSA) is 35.2 Å². The fraction of sp³-hybridized carbons (Fsp3) is 0.143. The SMILES string of the molecule is Cc1cccc(Oc2ccc(N)cc2Cl)c1C. The second kappa shape index (κ2) is 4.68. The first-order valence-electron chi connectivity index (χ1n) is 5.37. The molecule has 0 saturated carbocycles. The molecule has 0 unspecified atom stereocenters. The summed E-state index contributed by atoms with van der Waals surface area (Å²) in [4.78, 5) is 0. The molecule has 2 aromatic carbocycles. The van der Waals surface area contributed by atoms with Crippen molar-refractivity contribution in [1.29, 1.82) is 0 Å². The highest BCUT2D eigenvalue weighted by atomic mass is 35.5. The predicted molar refractivity (Wildman–Crippen MR) is 71.9 cm³/mol. The molecule has 0 aliphatic heterocycles. The molecule has 0 fully saturated rings. The molecule has 0 radical (unpaired) electrons. The van der Waals surface area contributed by atoms with Crippen LogP contribution >= 0.6 is 11.6 Å². The van der Waals surface area contributed by atoms with Gasteiger partial charge < -0.3 is 10.5 Å². The van der Waals surface area contributed by atoms with Crippen LogP contribution in [0.4, 0.5) is 5.69 Å². The van der Waals surface area contributed by atoms with Crippen molar-refractivity contribution >= 4 is 17.3 Å². The van der Waals surface area contributed by atoms with Crippen molar-refractivity contribution in [2.75, 3.05) is 5.73 Å². The lowest BCUT2D eigenvalue weighted by Gasteiger charge is -2.11. The Morgan fingerprint density at radius 1 is 1.06 bits per heavy atom. The van der Waals surface area contributed by atoms with E-state index in [4.69, 9.17) is 22.1 Å². The number of halogens is 1. The molecule has 17 heavy (non-hydrogen) atoms. The summed E-state index contributed by atoms with van der Waals surface area (Å²) in [7, 11) is 0. The second-order valence-electron chi connectivity index (χ2n) is 3.99. The molecule has 0 aromatic heterocycles. The molecule has 88 valence electrons. The Balaban J connectivity index is 2.35. The van der Waals surface area contributed by atoms with E-state index in [1.54, 1.807) is 18.2 Å². The molecule has 0 spiro atoms. The number of rotatable bonds is 2. The van der Waals surface area contributed by atoms with Crippen molar-refractivity contribution in [3.63, 3.8) is 0 Å². The predicted octanol–water partition coefficient (Wildman–Crippen LogP) is 4.33. The maximum absolute atomic E-state index is 6.07. The normalized spacial score (nSPS) is 10.3.